The van der Waals surface area contributed by atoms with E-state index >= 15 is 0 Å². The van der Waals surface area contributed by atoms with Gasteiger partial charge in [-0.3, -0.25) is 9.97 Å². The molecule has 1 atom stereocenters. The highest BCUT2D eigenvalue weighted by Gasteiger charge is 2.19. The Balaban J connectivity index is 2.40. The third-order valence-corrected chi connectivity index (χ3v) is 3.17. The fourth-order valence-electron chi connectivity index (χ4n) is 1.87. The van der Waals surface area contributed by atoms with Gasteiger partial charge in [-0.2, -0.15) is 0 Å². The molecule has 19 heavy (non-hydrogen) atoms. The maximum absolute atomic E-state index is 13.6. The standard InChI is InChI=1S/C14H15ClFN3/c1-2-6-19-14(12-9-17-7-8-18-12)10-4-3-5-11(16)13(10)15/h3-5,7-9,14,19H,2,6H2,1H3. The van der Waals surface area contributed by atoms with Crippen molar-refractivity contribution in [2.45, 2.75) is 19.4 Å². The Morgan fingerprint density at radius 1 is 1.37 bits per heavy atom. The summed E-state index contributed by atoms with van der Waals surface area (Å²) in [5.74, 6) is -0.425. The van der Waals surface area contributed by atoms with Gasteiger partial charge >= 0.3 is 0 Å². The number of hydrogen-bond donors (Lipinski definition) is 1. The average Bonchev–Trinajstić information content (AvgIpc) is 2.45. The fraction of sp³-hybridized carbons (Fsp3) is 0.286. The zero-order valence-electron chi connectivity index (χ0n) is 10.6. The summed E-state index contributed by atoms with van der Waals surface area (Å²) in [6.45, 7) is 2.85. The molecule has 0 aliphatic carbocycles. The van der Waals surface area contributed by atoms with Crippen LogP contribution < -0.4 is 5.32 Å². The summed E-state index contributed by atoms with van der Waals surface area (Å²) in [6, 6.07) is 4.54. The molecule has 0 radical (unpaired) electrons. The quantitative estimate of drug-likeness (QED) is 0.912. The molecule has 1 N–H and O–H groups in total. The molecule has 1 aromatic carbocycles. The van der Waals surface area contributed by atoms with Crippen molar-refractivity contribution < 1.29 is 4.39 Å². The highest BCUT2D eigenvalue weighted by Crippen LogP contribution is 2.28. The van der Waals surface area contributed by atoms with Gasteiger partial charge in [0.25, 0.3) is 0 Å². The monoisotopic (exact) mass is 279 g/mol. The van der Waals surface area contributed by atoms with Crippen LogP contribution in [0.2, 0.25) is 5.02 Å². The highest BCUT2D eigenvalue weighted by atomic mass is 35.5. The van der Waals surface area contributed by atoms with Gasteiger partial charge in [-0.1, -0.05) is 30.7 Å². The fourth-order valence-corrected chi connectivity index (χ4v) is 2.10. The molecule has 0 amide bonds. The molecular formula is C14H15ClFN3. The van der Waals surface area contributed by atoms with Crippen molar-refractivity contribution in [2.24, 2.45) is 0 Å². The first-order valence-electron chi connectivity index (χ1n) is 6.17. The van der Waals surface area contributed by atoms with E-state index in [1.165, 1.54) is 6.07 Å². The number of halogens is 2. The van der Waals surface area contributed by atoms with Crippen LogP contribution in [0.25, 0.3) is 0 Å². The third-order valence-electron chi connectivity index (χ3n) is 2.77. The van der Waals surface area contributed by atoms with Crippen molar-refractivity contribution in [3.8, 4) is 0 Å². The van der Waals surface area contributed by atoms with E-state index < -0.39 is 5.82 Å². The lowest BCUT2D eigenvalue weighted by Crippen LogP contribution is -2.24. The number of hydrogen-bond acceptors (Lipinski definition) is 3. The number of nitrogens with one attached hydrogen (secondary N) is 1. The van der Waals surface area contributed by atoms with Crippen LogP contribution in [0.3, 0.4) is 0 Å². The Hall–Kier alpha value is -1.52. The minimum atomic E-state index is -0.425. The molecule has 100 valence electrons. The molecule has 0 aliphatic rings. The van der Waals surface area contributed by atoms with E-state index in [0.717, 1.165) is 18.7 Å². The summed E-state index contributed by atoms with van der Waals surface area (Å²) in [6.07, 6.45) is 5.84. The second-order valence-corrected chi connectivity index (χ2v) is 4.54. The molecule has 0 aliphatic heterocycles. The summed E-state index contributed by atoms with van der Waals surface area (Å²) in [7, 11) is 0. The maximum Gasteiger partial charge on any atom is 0.142 e. The topological polar surface area (TPSA) is 37.8 Å². The lowest BCUT2D eigenvalue weighted by Gasteiger charge is -2.19. The lowest BCUT2D eigenvalue weighted by atomic mass is 10.0. The zero-order valence-corrected chi connectivity index (χ0v) is 11.4. The smallest absolute Gasteiger partial charge is 0.142 e. The Morgan fingerprint density at radius 3 is 2.89 bits per heavy atom. The number of benzene rings is 1. The minimum Gasteiger partial charge on any atom is -0.305 e. The molecule has 1 unspecified atom stereocenters. The van der Waals surface area contributed by atoms with E-state index in [4.69, 9.17) is 11.6 Å². The molecule has 0 saturated carbocycles. The normalized spacial score (nSPS) is 12.4. The van der Waals surface area contributed by atoms with Gasteiger partial charge in [0, 0.05) is 12.4 Å². The van der Waals surface area contributed by atoms with Crippen LogP contribution in [0, 0.1) is 5.82 Å². The van der Waals surface area contributed by atoms with E-state index in [1.807, 2.05) is 0 Å². The molecule has 1 aromatic heterocycles. The van der Waals surface area contributed by atoms with E-state index in [9.17, 15) is 4.39 Å². The van der Waals surface area contributed by atoms with Crippen LogP contribution in [0.4, 0.5) is 4.39 Å². The van der Waals surface area contributed by atoms with Crippen LogP contribution >= 0.6 is 11.6 Å². The molecule has 2 rings (SSSR count). The Labute approximate surface area is 116 Å². The molecule has 0 fully saturated rings. The van der Waals surface area contributed by atoms with Crippen molar-refractivity contribution >= 4 is 11.6 Å². The Kier molecular flexibility index (Phi) is 4.82. The van der Waals surface area contributed by atoms with Crippen LogP contribution in [-0.4, -0.2) is 16.5 Å². The van der Waals surface area contributed by atoms with Gasteiger partial charge in [-0.15, -0.1) is 0 Å². The van der Waals surface area contributed by atoms with Crippen LogP contribution in [0.15, 0.2) is 36.8 Å². The molecule has 0 saturated heterocycles. The first-order chi connectivity index (χ1) is 9.24. The van der Waals surface area contributed by atoms with Gasteiger partial charge in [-0.25, -0.2) is 4.39 Å². The van der Waals surface area contributed by atoms with E-state index in [-0.39, 0.29) is 11.1 Å². The van der Waals surface area contributed by atoms with Gasteiger partial charge in [-0.05, 0) is 24.6 Å². The molecule has 2 aromatic rings. The summed E-state index contributed by atoms with van der Waals surface area (Å²) in [5, 5.41) is 3.44. The van der Waals surface area contributed by atoms with Gasteiger partial charge in [0.1, 0.15) is 5.82 Å². The molecule has 0 spiro atoms. The molecule has 1 heterocycles. The summed E-state index contributed by atoms with van der Waals surface area (Å²) in [4.78, 5) is 8.32. The predicted octanol–water partition coefficient (Wildman–Crippen LogP) is 3.36. The summed E-state index contributed by atoms with van der Waals surface area (Å²) in [5.41, 5.74) is 1.40. The molecular weight excluding hydrogens is 265 g/mol. The number of aromatic nitrogens is 2. The minimum absolute atomic E-state index is 0.127. The Morgan fingerprint density at radius 2 is 2.21 bits per heavy atom. The second kappa shape index (κ2) is 6.59. The van der Waals surface area contributed by atoms with Crippen LogP contribution in [-0.2, 0) is 0 Å². The van der Waals surface area contributed by atoms with Crippen LogP contribution in [0.1, 0.15) is 30.6 Å². The predicted molar refractivity (Wildman–Crippen MR) is 73.6 cm³/mol. The van der Waals surface area contributed by atoms with Crippen molar-refractivity contribution in [3.05, 3.63) is 58.9 Å². The first kappa shape index (κ1) is 13.9. The van der Waals surface area contributed by atoms with Gasteiger partial charge < -0.3 is 5.32 Å². The van der Waals surface area contributed by atoms with Crippen molar-refractivity contribution in [1.82, 2.24) is 15.3 Å². The third kappa shape index (κ3) is 3.28. The van der Waals surface area contributed by atoms with Crippen molar-refractivity contribution in [3.63, 3.8) is 0 Å². The summed E-state index contributed by atoms with van der Waals surface area (Å²) < 4.78 is 13.6. The van der Waals surface area contributed by atoms with Gasteiger partial charge in [0.2, 0.25) is 0 Å². The largest absolute Gasteiger partial charge is 0.305 e. The summed E-state index contributed by atoms with van der Waals surface area (Å²) >= 11 is 6.05. The Bertz CT molecular complexity index is 533. The first-order valence-corrected chi connectivity index (χ1v) is 6.55. The molecule has 3 nitrogen and oxygen atoms in total. The van der Waals surface area contributed by atoms with Crippen molar-refractivity contribution in [1.29, 1.82) is 0 Å². The molecule has 0 bridgehead atoms. The van der Waals surface area contributed by atoms with Crippen molar-refractivity contribution in [2.75, 3.05) is 6.54 Å². The zero-order chi connectivity index (χ0) is 13.7. The maximum atomic E-state index is 13.6. The van der Waals surface area contributed by atoms with Gasteiger partial charge in [0.15, 0.2) is 0 Å². The van der Waals surface area contributed by atoms with E-state index in [2.05, 4.69) is 22.2 Å². The second-order valence-electron chi connectivity index (χ2n) is 4.16. The number of rotatable bonds is 5. The van der Waals surface area contributed by atoms with E-state index in [1.54, 1.807) is 30.7 Å². The van der Waals surface area contributed by atoms with Crippen LogP contribution in [0.5, 0.6) is 0 Å². The molecule has 5 heteroatoms. The van der Waals surface area contributed by atoms with Gasteiger partial charge in [0.05, 0.1) is 23.0 Å². The average molecular weight is 280 g/mol. The number of nitrogens with zero attached hydrogens (tertiary/aromatic N) is 2. The lowest BCUT2D eigenvalue weighted by molar-refractivity contribution is 0.574. The highest BCUT2D eigenvalue weighted by molar-refractivity contribution is 6.31. The SMILES string of the molecule is CCCNC(c1cnccn1)c1cccc(F)c1Cl. The van der Waals surface area contributed by atoms with E-state index in [0.29, 0.717) is 5.56 Å².